The first-order chi connectivity index (χ1) is 6.35. The van der Waals surface area contributed by atoms with Crippen molar-refractivity contribution >= 4 is 9.52 Å². The first-order valence-corrected chi connectivity index (χ1v) is 8.35. The molecule has 0 nitrogen and oxygen atoms in total. The van der Waals surface area contributed by atoms with Crippen LogP contribution in [-0.2, 0) is 0 Å². The Morgan fingerprint density at radius 3 is 2.15 bits per heavy atom. The van der Waals surface area contributed by atoms with E-state index in [0.717, 1.165) is 5.92 Å². The number of hydrogen-bond acceptors (Lipinski definition) is 0. The van der Waals surface area contributed by atoms with E-state index in [1.54, 1.807) is 12.1 Å². The van der Waals surface area contributed by atoms with Crippen molar-refractivity contribution in [1.29, 1.82) is 0 Å². The third-order valence-corrected chi connectivity index (χ3v) is 5.35. The molecule has 13 heavy (non-hydrogen) atoms. The van der Waals surface area contributed by atoms with E-state index < -0.39 is 0 Å². The lowest BCUT2D eigenvalue weighted by molar-refractivity contribution is 0.540. The number of hydrogen-bond donors (Lipinski definition) is 0. The molecule has 0 unspecified atom stereocenters. The van der Waals surface area contributed by atoms with E-state index in [9.17, 15) is 0 Å². The van der Waals surface area contributed by atoms with E-state index in [-0.39, 0.29) is 0 Å². The van der Waals surface area contributed by atoms with Gasteiger partial charge in [0.25, 0.3) is 0 Å². The van der Waals surface area contributed by atoms with Gasteiger partial charge in [0, 0.05) is 9.52 Å². The summed E-state index contributed by atoms with van der Waals surface area (Å²) >= 11 is 0. The van der Waals surface area contributed by atoms with Crippen molar-refractivity contribution in [1.82, 2.24) is 0 Å². The van der Waals surface area contributed by atoms with Crippen molar-refractivity contribution in [2.24, 2.45) is 5.92 Å². The molecule has 0 aromatic carbocycles. The summed E-state index contributed by atoms with van der Waals surface area (Å²) < 4.78 is 0. The van der Waals surface area contributed by atoms with Gasteiger partial charge in [-0.3, -0.25) is 0 Å². The minimum absolute atomic E-state index is 0.314. The van der Waals surface area contributed by atoms with Gasteiger partial charge < -0.3 is 0 Å². The van der Waals surface area contributed by atoms with Crippen LogP contribution in [0, 0.1) is 5.92 Å². The highest BCUT2D eigenvalue weighted by Gasteiger charge is 2.02. The average Bonchev–Trinajstić information content (AvgIpc) is 2.17. The van der Waals surface area contributed by atoms with Crippen LogP contribution in [0.15, 0.2) is 0 Å². The lowest BCUT2D eigenvalue weighted by Crippen LogP contribution is -2.01. The molecular formula is C12H28Si. The van der Waals surface area contributed by atoms with Gasteiger partial charge in [0.1, 0.15) is 0 Å². The number of rotatable bonds is 9. The van der Waals surface area contributed by atoms with Gasteiger partial charge in [-0.15, -0.1) is 0 Å². The minimum atomic E-state index is 0.314. The van der Waals surface area contributed by atoms with Gasteiger partial charge >= 0.3 is 0 Å². The lowest BCUT2D eigenvalue weighted by Gasteiger charge is -2.10. The van der Waals surface area contributed by atoms with Gasteiger partial charge in [-0.25, -0.2) is 0 Å². The molecule has 0 saturated carbocycles. The predicted molar refractivity (Wildman–Crippen MR) is 66.4 cm³/mol. The zero-order valence-corrected chi connectivity index (χ0v) is 11.4. The zero-order chi connectivity index (χ0) is 9.94. The van der Waals surface area contributed by atoms with Crippen LogP contribution in [0.4, 0.5) is 0 Å². The molecule has 0 aliphatic rings. The summed E-state index contributed by atoms with van der Waals surface area (Å²) in [6.07, 6.45) is 8.69. The Hall–Kier alpha value is 0.217. The zero-order valence-electron chi connectivity index (χ0n) is 9.94. The highest BCUT2D eigenvalue weighted by molar-refractivity contribution is 6.35. The van der Waals surface area contributed by atoms with Gasteiger partial charge in [0.15, 0.2) is 0 Å². The normalized spacial score (nSPS) is 12.0. The predicted octanol–water partition coefficient (Wildman–Crippen LogP) is 4.01. The Kier molecular flexibility index (Phi) is 10.5. The van der Waals surface area contributed by atoms with Crippen molar-refractivity contribution < 1.29 is 0 Å². The maximum absolute atomic E-state index is 2.35. The first kappa shape index (κ1) is 13.2. The van der Waals surface area contributed by atoms with E-state index in [1.165, 1.54) is 38.5 Å². The summed E-state index contributed by atoms with van der Waals surface area (Å²) in [5, 5.41) is 0. The molecule has 0 amide bonds. The Labute approximate surface area is 87.3 Å². The molecule has 0 radical (unpaired) electrons. The molecule has 0 saturated heterocycles. The summed E-state index contributed by atoms with van der Waals surface area (Å²) in [5.41, 5.74) is 0. The Morgan fingerprint density at radius 2 is 1.62 bits per heavy atom. The summed E-state index contributed by atoms with van der Waals surface area (Å²) in [5.74, 6) is 1.07. The van der Waals surface area contributed by atoms with E-state index in [1.807, 2.05) is 0 Å². The van der Waals surface area contributed by atoms with E-state index >= 15 is 0 Å². The first-order valence-electron chi connectivity index (χ1n) is 6.35. The van der Waals surface area contributed by atoms with Gasteiger partial charge in [-0.05, 0) is 5.92 Å². The van der Waals surface area contributed by atoms with Crippen molar-refractivity contribution in [2.75, 3.05) is 0 Å². The number of unbranched alkanes of at least 4 members (excludes halogenated alkanes) is 3. The van der Waals surface area contributed by atoms with E-state index in [2.05, 4.69) is 20.8 Å². The highest BCUT2D eigenvalue weighted by Crippen LogP contribution is 2.14. The molecule has 1 heteroatoms. The molecule has 0 rings (SSSR count). The Morgan fingerprint density at radius 1 is 0.923 bits per heavy atom. The molecule has 0 atom stereocenters. The lowest BCUT2D eigenvalue weighted by atomic mass is 10.1. The van der Waals surface area contributed by atoms with Crippen LogP contribution in [-0.4, -0.2) is 9.52 Å². The van der Waals surface area contributed by atoms with Gasteiger partial charge in [-0.2, -0.15) is 0 Å². The standard InChI is InChI=1S/C12H28Si/c1-4-7-8-9-10-13-11-12(5-2)6-3/h12H,4-11,13H2,1-3H3. The van der Waals surface area contributed by atoms with Gasteiger partial charge in [0.2, 0.25) is 0 Å². The molecule has 0 N–H and O–H groups in total. The van der Waals surface area contributed by atoms with Gasteiger partial charge in [0.05, 0.1) is 0 Å². The maximum atomic E-state index is 2.35. The van der Waals surface area contributed by atoms with Crippen LogP contribution in [0.25, 0.3) is 0 Å². The van der Waals surface area contributed by atoms with Crippen LogP contribution < -0.4 is 0 Å². The van der Waals surface area contributed by atoms with Crippen LogP contribution in [0.3, 0.4) is 0 Å². The summed E-state index contributed by atoms with van der Waals surface area (Å²) in [7, 11) is 0.314. The second kappa shape index (κ2) is 10.3. The van der Waals surface area contributed by atoms with Crippen molar-refractivity contribution in [3.05, 3.63) is 0 Å². The largest absolute Gasteiger partial charge is 0.0654 e. The molecule has 0 aliphatic heterocycles. The Bertz CT molecular complexity index is 87.1. The summed E-state index contributed by atoms with van der Waals surface area (Å²) in [6, 6.07) is 3.22. The third kappa shape index (κ3) is 8.54. The molecule has 0 aromatic rings. The van der Waals surface area contributed by atoms with Crippen molar-refractivity contribution in [3.63, 3.8) is 0 Å². The maximum Gasteiger partial charge on any atom is 0.0200 e. The van der Waals surface area contributed by atoms with Crippen LogP contribution in [0.1, 0.15) is 59.3 Å². The van der Waals surface area contributed by atoms with Crippen LogP contribution in [0.2, 0.25) is 12.1 Å². The fraction of sp³-hybridized carbons (Fsp3) is 1.00. The second-order valence-electron chi connectivity index (χ2n) is 4.24. The fourth-order valence-electron chi connectivity index (χ4n) is 1.91. The highest BCUT2D eigenvalue weighted by atomic mass is 28.2. The molecule has 0 fully saturated rings. The minimum Gasteiger partial charge on any atom is -0.0654 e. The SMILES string of the molecule is CCCCCC[SiH2]CC(CC)CC. The molecule has 80 valence electrons. The van der Waals surface area contributed by atoms with E-state index in [4.69, 9.17) is 0 Å². The van der Waals surface area contributed by atoms with E-state index in [0.29, 0.717) is 9.52 Å². The Balaban J connectivity index is 3.05. The smallest absolute Gasteiger partial charge is 0.0200 e. The topological polar surface area (TPSA) is 0 Å². The van der Waals surface area contributed by atoms with Crippen molar-refractivity contribution in [3.8, 4) is 0 Å². The molecule has 0 bridgehead atoms. The van der Waals surface area contributed by atoms with Crippen LogP contribution >= 0.6 is 0 Å². The summed E-state index contributed by atoms with van der Waals surface area (Å²) in [6.45, 7) is 6.99. The van der Waals surface area contributed by atoms with Crippen molar-refractivity contribution in [2.45, 2.75) is 71.4 Å². The second-order valence-corrected chi connectivity index (χ2v) is 6.23. The average molecular weight is 200 g/mol. The molecule has 0 heterocycles. The third-order valence-electron chi connectivity index (χ3n) is 3.12. The molecular weight excluding hydrogens is 172 g/mol. The molecule has 0 aliphatic carbocycles. The summed E-state index contributed by atoms with van der Waals surface area (Å²) in [4.78, 5) is 0. The van der Waals surface area contributed by atoms with Gasteiger partial charge in [-0.1, -0.05) is 71.4 Å². The quantitative estimate of drug-likeness (QED) is 0.390. The molecule has 0 spiro atoms. The molecule has 0 aromatic heterocycles. The van der Waals surface area contributed by atoms with Crippen LogP contribution in [0.5, 0.6) is 0 Å². The monoisotopic (exact) mass is 200 g/mol. The fourth-order valence-corrected chi connectivity index (χ4v) is 4.30.